The van der Waals surface area contributed by atoms with Gasteiger partial charge in [0.05, 0.1) is 5.71 Å². The molecule has 0 aromatic heterocycles. The zero-order chi connectivity index (χ0) is 15.2. The first kappa shape index (κ1) is 15.7. The van der Waals surface area contributed by atoms with Gasteiger partial charge in [0.15, 0.2) is 0 Å². The fourth-order valence-corrected chi connectivity index (χ4v) is 2.24. The molecule has 0 aliphatic rings. The highest BCUT2D eigenvalue weighted by Gasteiger charge is 2.08. The average Bonchev–Trinajstić information content (AvgIpc) is 2.48. The fraction of sp³-hybridized carbons (Fsp3) is 0.188. The summed E-state index contributed by atoms with van der Waals surface area (Å²) in [5.41, 5.74) is 9.02. The van der Waals surface area contributed by atoms with Gasteiger partial charge >= 0.3 is 0 Å². The van der Waals surface area contributed by atoms with Crippen molar-refractivity contribution in [1.82, 2.24) is 0 Å². The number of anilines is 1. The Balaban J connectivity index is 2.14. The van der Waals surface area contributed by atoms with Crippen LogP contribution >= 0.6 is 23.2 Å². The van der Waals surface area contributed by atoms with Crippen molar-refractivity contribution in [2.24, 2.45) is 5.16 Å². The normalized spacial score (nSPS) is 11.5. The molecule has 21 heavy (non-hydrogen) atoms. The van der Waals surface area contributed by atoms with Crippen LogP contribution in [0.25, 0.3) is 0 Å². The summed E-state index contributed by atoms with van der Waals surface area (Å²) in [4.78, 5) is 5.41. The number of hydrogen-bond donors (Lipinski definition) is 1. The number of halogens is 2. The van der Waals surface area contributed by atoms with E-state index in [1.54, 1.807) is 18.2 Å². The first-order chi connectivity index (χ1) is 10.1. The van der Waals surface area contributed by atoms with E-state index in [0.717, 1.165) is 16.8 Å². The molecule has 0 aliphatic carbocycles. The van der Waals surface area contributed by atoms with Gasteiger partial charge < -0.3 is 10.6 Å². The number of nitrogens with two attached hydrogens (primary N) is 1. The van der Waals surface area contributed by atoms with Gasteiger partial charge in [0, 0.05) is 26.9 Å². The molecule has 0 saturated carbocycles. The summed E-state index contributed by atoms with van der Waals surface area (Å²) < 4.78 is 0. The molecule has 2 rings (SSSR count). The van der Waals surface area contributed by atoms with Crippen LogP contribution in [0.2, 0.25) is 10.0 Å². The maximum Gasteiger partial charge on any atom is 0.143 e. The third-order valence-electron chi connectivity index (χ3n) is 3.01. The van der Waals surface area contributed by atoms with Gasteiger partial charge in [-0.05, 0) is 30.7 Å². The molecular formula is C16H16Cl2N2O. The molecule has 0 spiro atoms. The monoisotopic (exact) mass is 322 g/mol. The van der Waals surface area contributed by atoms with Gasteiger partial charge in [-0.2, -0.15) is 0 Å². The number of benzene rings is 2. The van der Waals surface area contributed by atoms with E-state index >= 15 is 0 Å². The minimum absolute atomic E-state index is 0.309. The number of oxime groups is 1. The Morgan fingerprint density at radius 1 is 1.19 bits per heavy atom. The van der Waals surface area contributed by atoms with E-state index in [-0.39, 0.29) is 0 Å². The van der Waals surface area contributed by atoms with Crippen LogP contribution in [0, 0.1) is 0 Å². The Hall–Kier alpha value is -1.71. The lowest BCUT2D eigenvalue weighted by atomic mass is 10.1. The predicted molar refractivity (Wildman–Crippen MR) is 88.9 cm³/mol. The highest BCUT2D eigenvalue weighted by Crippen LogP contribution is 2.21. The Morgan fingerprint density at radius 2 is 1.95 bits per heavy atom. The molecule has 0 fully saturated rings. The number of nitrogens with zero attached hydrogens (tertiary/aromatic N) is 1. The third kappa shape index (κ3) is 4.13. The van der Waals surface area contributed by atoms with Crippen molar-refractivity contribution >= 4 is 34.6 Å². The summed E-state index contributed by atoms with van der Waals surface area (Å²) in [6, 6.07) is 12.8. The Kier molecular flexibility index (Phi) is 5.48. The van der Waals surface area contributed by atoms with Gasteiger partial charge in [-0.1, -0.05) is 53.5 Å². The van der Waals surface area contributed by atoms with E-state index in [1.807, 2.05) is 31.2 Å². The van der Waals surface area contributed by atoms with Crippen LogP contribution in [0.5, 0.6) is 0 Å². The molecule has 2 aromatic rings. The molecule has 5 heteroatoms. The van der Waals surface area contributed by atoms with E-state index < -0.39 is 0 Å². The van der Waals surface area contributed by atoms with Crippen LogP contribution in [0.15, 0.2) is 47.6 Å². The van der Waals surface area contributed by atoms with E-state index in [0.29, 0.717) is 28.8 Å². The zero-order valence-corrected chi connectivity index (χ0v) is 13.2. The Labute approximate surface area is 134 Å². The molecule has 3 nitrogen and oxygen atoms in total. The molecule has 0 atom stereocenters. The van der Waals surface area contributed by atoms with Crippen molar-refractivity contribution in [2.45, 2.75) is 20.0 Å². The molecule has 0 aliphatic heterocycles. The lowest BCUT2D eigenvalue weighted by Gasteiger charge is -2.09. The summed E-state index contributed by atoms with van der Waals surface area (Å²) in [5, 5.41) is 5.45. The van der Waals surface area contributed by atoms with Gasteiger partial charge in [-0.25, -0.2) is 0 Å². The van der Waals surface area contributed by atoms with Gasteiger partial charge in [-0.3, -0.25) is 0 Å². The van der Waals surface area contributed by atoms with Crippen molar-refractivity contribution in [3.05, 3.63) is 63.6 Å². The second-order valence-corrected chi connectivity index (χ2v) is 5.33. The minimum Gasteiger partial charge on any atom is -0.398 e. The zero-order valence-electron chi connectivity index (χ0n) is 11.6. The molecule has 110 valence electrons. The highest BCUT2D eigenvalue weighted by atomic mass is 35.5. The molecule has 0 unspecified atom stereocenters. The van der Waals surface area contributed by atoms with Crippen LogP contribution in [-0.2, 0) is 11.4 Å². The third-order valence-corrected chi connectivity index (χ3v) is 3.62. The Morgan fingerprint density at radius 3 is 2.67 bits per heavy atom. The SMILES string of the molecule is CC/C(=N\OCc1ccccc1Cl)c1cc(Cl)ccc1N. The van der Waals surface area contributed by atoms with Crippen molar-refractivity contribution < 1.29 is 4.84 Å². The summed E-state index contributed by atoms with van der Waals surface area (Å²) in [6.07, 6.45) is 0.688. The summed E-state index contributed by atoms with van der Waals surface area (Å²) >= 11 is 12.1. The number of rotatable bonds is 5. The van der Waals surface area contributed by atoms with Crippen molar-refractivity contribution in [1.29, 1.82) is 0 Å². The van der Waals surface area contributed by atoms with Crippen LogP contribution in [0.1, 0.15) is 24.5 Å². The summed E-state index contributed by atoms with van der Waals surface area (Å²) in [5.74, 6) is 0. The highest BCUT2D eigenvalue weighted by molar-refractivity contribution is 6.31. The van der Waals surface area contributed by atoms with E-state index in [4.69, 9.17) is 33.8 Å². The van der Waals surface area contributed by atoms with Gasteiger partial charge in [-0.15, -0.1) is 0 Å². The molecule has 2 N–H and O–H groups in total. The fourth-order valence-electron chi connectivity index (χ4n) is 1.88. The molecule has 0 heterocycles. The Bertz CT molecular complexity index is 656. The predicted octanol–water partition coefficient (Wildman–Crippen LogP) is 4.91. The molecule has 0 radical (unpaired) electrons. The first-order valence-corrected chi connectivity index (χ1v) is 7.35. The van der Waals surface area contributed by atoms with Gasteiger partial charge in [0.1, 0.15) is 6.61 Å². The van der Waals surface area contributed by atoms with Crippen LogP contribution < -0.4 is 5.73 Å². The maximum absolute atomic E-state index is 6.07. The maximum atomic E-state index is 6.07. The van der Waals surface area contributed by atoms with Crippen LogP contribution in [0.4, 0.5) is 5.69 Å². The van der Waals surface area contributed by atoms with E-state index in [9.17, 15) is 0 Å². The van der Waals surface area contributed by atoms with Gasteiger partial charge in [0.2, 0.25) is 0 Å². The molecule has 2 aromatic carbocycles. The van der Waals surface area contributed by atoms with E-state index in [1.165, 1.54) is 0 Å². The second kappa shape index (κ2) is 7.34. The first-order valence-electron chi connectivity index (χ1n) is 6.59. The standard InChI is InChI=1S/C16H16Cl2N2O/c1-2-16(13-9-12(17)7-8-15(13)19)20-21-10-11-5-3-4-6-14(11)18/h3-9H,2,10,19H2,1H3/b20-16+. The van der Waals surface area contributed by atoms with Crippen molar-refractivity contribution in [3.8, 4) is 0 Å². The molecule has 0 amide bonds. The molecular weight excluding hydrogens is 307 g/mol. The lowest BCUT2D eigenvalue weighted by Crippen LogP contribution is -2.05. The summed E-state index contributed by atoms with van der Waals surface area (Å²) in [6.45, 7) is 2.29. The smallest absolute Gasteiger partial charge is 0.143 e. The van der Waals surface area contributed by atoms with Crippen molar-refractivity contribution in [3.63, 3.8) is 0 Å². The molecule has 0 bridgehead atoms. The minimum atomic E-state index is 0.309. The van der Waals surface area contributed by atoms with Crippen LogP contribution in [-0.4, -0.2) is 5.71 Å². The molecule has 0 saturated heterocycles. The van der Waals surface area contributed by atoms with Gasteiger partial charge in [0.25, 0.3) is 0 Å². The number of nitrogen functional groups attached to an aromatic ring is 1. The van der Waals surface area contributed by atoms with Crippen molar-refractivity contribution in [2.75, 3.05) is 5.73 Å². The number of hydrogen-bond acceptors (Lipinski definition) is 3. The largest absolute Gasteiger partial charge is 0.398 e. The lowest BCUT2D eigenvalue weighted by molar-refractivity contribution is 0.130. The summed E-state index contributed by atoms with van der Waals surface area (Å²) in [7, 11) is 0. The quantitative estimate of drug-likeness (QED) is 0.483. The average molecular weight is 323 g/mol. The van der Waals surface area contributed by atoms with E-state index in [2.05, 4.69) is 5.16 Å². The second-order valence-electron chi connectivity index (χ2n) is 4.49. The van der Waals surface area contributed by atoms with Crippen LogP contribution in [0.3, 0.4) is 0 Å². The topological polar surface area (TPSA) is 47.6 Å².